The van der Waals surface area contributed by atoms with Crippen LogP contribution in [0.25, 0.3) is 38.7 Å². The van der Waals surface area contributed by atoms with E-state index in [1.165, 1.54) is 0 Å². The molecule has 0 aliphatic heterocycles. The number of rotatable bonds is 2. The molecule has 116 valence electrons. The van der Waals surface area contributed by atoms with Crippen molar-refractivity contribution in [3.8, 4) is 11.1 Å². The van der Waals surface area contributed by atoms with Crippen LogP contribution < -0.4 is 0 Å². The van der Waals surface area contributed by atoms with Crippen molar-refractivity contribution >= 4 is 27.6 Å². The van der Waals surface area contributed by atoms with Crippen molar-refractivity contribution in [1.82, 2.24) is 0 Å². The van der Waals surface area contributed by atoms with Gasteiger partial charge < -0.3 is 0 Å². The lowest BCUT2D eigenvalue weighted by Crippen LogP contribution is -1.87. The third-order valence-corrected chi connectivity index (χ3v) is 4.28. The van der Waals surface area contributed by atoms with Gasteiger partial charge in [-0.3, -0.25) is 0 Å². The maximum atomic E-state index is 13.1. The smallest absolute Gasteiger partial charge is 0.173 e. The molecule has 24 heavy (non-hydrogen) atoms. The van der Waals surface area contributed by atoms with E-state index in [1.807, 2.05) is 78.9 Å². The highest BCUT2D eigenvalue weighted by Gasteiger charge is 2.10. The van der Waals surface area contributed by atoms with Crippen LogP contribution in [0.2, 0.25) is 0 Å². The van der Waals surface area contributed by atoms with Gasteiger partial charge in [0.2, 0.25) is 0 Å². The summed E-state index contributed by atoms with van der Waals surface area (Å²) in [5, 5.41) is 4.01. The van der Waals surface area contributed by atoms with E-state index in [9.17, 15) is 8.78 Å². The van der Waals surface area contributed by atoms with E-state index in [0.717, 1.165) is 38.7 Å². The summed E-state index contributed by atoms with van der Waals surface area (Å²) in [6.07, 6.45) is -0.722. The molecule has 0 radical (unpaired) electrons. The topological polar surface area (TPSA) is 0 Å². The van der Waals surface area contributed by atoms with E-state index in [0.29, 0.717) is 5.56 Å². The lowest BCUT2D eigenvalue weighted by molar-refractivity contribution is 0.429. The molecule has 0 saturated heterocycles. The Hall–Kier alpha value is -3.00. The van der Waals surface area contributed by atoms with Crippen molar-refractivity contribution in [2.24, 2.45) is 0 Å². The number of benzene rings is 4. The maximum Gasteiger partial charge on any atom is 0.270 e. The zero-order valence-electron chi connectivity index (χ0n) is 12.8. The first-order valence-electron chi connectivity index (χ1n) is 7.76. The molecule has 4 aromatic carbocycles. The average molecular weight is 316 g/mol. The van der Waals surface area contributed by atoms with E-state index in [1.54, 1.807) is 0 Å². The van der Waals surface area contributed by atoms with E-state index >= 15 is 0 Å². The Bertz CT molecular complexity index is 1070. The summed E-state index contributed by atoms with van der Waals surface area (Å²) in [6, 6.07) is 25.6. The van der Waals surface area contributed by atoms with Gasteiger partial charge in [-0.1, -0.05) is 72.8 Å². The van der Waals surface area contributed by atoms with Gasteiger partial charge >= 0.3 is 0 Å². The van der Waals surface area contributed by atoms with Crippen LogP contribution in [0.15, 0.2) is 84.9 Å². The van der Waals surface area contributed by atoms with Crippen LogP contribution in [0.4, 0.5) is 8.78 Å². The third-order valence-electron chi connectivity index (χ3n) is 4.28. The Morgan fingerprint density at radius 3 is 2.12 bits per heavy atom. The summed E-state index contributed by atoms with van der Waals surface area (Å²) < 4.78 is 26.1. The molecule has 0 aliphatic carbocycles. The summed E-state index contributed by atoms with van der Waals surface area (Å²) in [4.78, 5) is 0. The Morgan fingerprint density at radius 1 is 0.667 bits per heavy atom. The van der Waals surface area contributed by atoms with Crippen LogP contribution in [-0.4, -0.2) is 0 Å². The second kappa shape index (κ2) is 5.89. The second-order valence-corrected chi connectivity index (χ2v) is 5.74. The zero-order valence-corrected chi connectivity index (χ0v) is 12.8. The van der Waals surface area contributed by atoms with Gasteiger partial charge in [-0.15, -0.1) is 0 Å². The zero-order chi connectivity index (χ0) is 16.5. The monoisotopic (exact) mass is 316 g/mol. The van der Waals surface area contributed by atoms with E-state index in [2.05, 4.69) is 0 Å². The maximum absolute atomic E-state index is 13.1. The third kappa shape index (κ3) is 2.56. The molecule has 0 aliphatic rings. The highest BCUT2D eigenvalue weighted by Crippen LogP contribution is 2.34. The van der Waals surface area contributed by atoms with Gasteiger partial charge in [-0.05, 0) is 44.3 Å². The van der Waals surface area contributed by atoms with E-state index < -0.39 is 6.08 Å². The molecular weight excluding hydrogens is 302 g/mol. The fourth-order valence-corrected chi connectivity index (χ4v) is 3.17. The fourth-order valence-electron chi connectivity index (χ4n) is 3.17. The predicted molar refractivity (Wildman–Crippen MR) is 97.1 cm³/mol. The fraction of sp³-hybridized carbons (Fsp3) is 0. The molecule has 0 heterocycles. The molecule has 0 amide bonds. The summed E-state index contributed by atoms with van der Waals surface area (Å²) in [7, 11) is 0. The van der Waals surface area contributed by atoms with Crippen LogP contribution in [0.3, 0.4) is 0 Å². The molecule has 4 aromatic rings. The Balaban J connectivity index is 2.02. The van der Waals surface area contributed by atoms with Gasteiger partial charge in [0.25, 0.3) is 6.08 Å². The minimum atomic E-state index is -1.69. The first kappa shape index (κ1) is 14.6. The minimum Gasteiger partial charge on any atom is -0.173 e. The predicted octanol–water partition coefficient (Wildman–Crippen LogP) is 6.90. The van der Waals surface area contributed by atoms with Crippen LogP contribution in [0.1, 0.15) is 5.56 Å². The second-order valence-electron chi connectivity index (χ2n) is 5.74. The summed E-state index contributed by atoms with van der Waals surface area (Å²) in [5.41, 5.74) is 2.31. The minimum absolute atomic E-state index is 0.559. The number of halogens is 2. The van der Waals surface area contributed by atoms with Crippen LogP contribution in [0, 0.1) is 0 Å². The molecule has 0 N–H and O–H groups in total. The van der Waals surface area contributed by atoms with Crippen molar-refractivity contribution in [3.63, 3.8) is 0 Å². The molecule has 0 spiro atoms. The van der Waals surface area contributed by atoms with Crippen molar-refractivity contribution in [2.45, 2.75) is 0 Å². The largest absolute Gasteiger partial charge is 0.270 e. The average Bonchev–Trinajstić information content (AvgIpc) is 2.61. The lowest BCUT2D eigenvalue weighted by atomic mass is 9.93. The van der Waals surface area contributed by atoms with Crippen molar-refractivity contribution in [2.75, 3.05) is 0 Å². The van der Waals surface area contributed by atoms with Gasteiger partial charge in [0.05, 0.1) is 0 Å². The molecule has 0 nitrogen and oxygen atoms in total. The quantitative estimate of drug-likeness (QED) is 0.377. The molecule has 4 rings (SSSR count). The first-order valence-corrected chi connectivity index (χ1v) is 7.76. The molecule has 0 bridgehead atoms. The van der Waals surface area contributed by atoms with Crippen molar-refractivity contribution in [3.05, 3.63) is 90.5 Å². The SMILES string of the molecule is FC(F)=Cc1c(-c2ccc3ccccc3c2)ccc2ccccc12. The van der Waals surface area contributed by atoms with E-state index in [-0.39, 0.29) is 0 Å². The molecular formula is C22H14F2. The number of hydrogen-bond donors (Lipinski definition) is 0. The van der Waals surface area contributed by atoms with Gasteiger partial charge in [0, 0.05) is 6.08 Å². The Labute approximate surface area is 138 Å². The van der Waals surface area contributed by atoms with Crippen LogP contribution in [-0.2, 0) is 0 Å². The molecule has 0 fully saturated rings. The number of hydrogen-bond acceptors (Lipinski definition) is 0. The highest BCUT2D eigenvalue weighted by atomic mass is 19.3. The van der Waals surface area contributed by atoms with Crippen LogP contribution in [0.5, 0.6) is 0 Å². The van der Waals surface area contributed by atoms with Gasteiger partial charge in [0.1, 0.15) is 0 Å². The highest BCUT2D eigenvalue weighted by molar-refractivity contribution is 5.98. The molecule has 0 aromatic heterocycles. The Morgan fingerprint density at radius 2 is 1.33 bits per heavy atom. The number of fused-ring (bicyclic) bond motifs is 2. The normalized spacial score (nSPS) is 10.9. The van der Waals surface area contributed by atoms with Gasteiger partial charge in [-0.2, -0.15) is 8.78 Å². The van der Waals surface area contributed by atoms with Crippen molar-refractivity contribution < 1.29 is 8.78 Å². The van der Waals surface area contributed by atoms with Gasteiger partial charge in [-0.25, -0.2) is 0 Å². The molecule has 0 unspecified atom stereocenters. The molecule has 2 heteroatoms. The van der Waals surface area contributed by atoms with Gasteiger partial charge in [0.15, 0.2) is 0 Å². The molecule has 0 saturated carbocycles. The summed E-state index contributed by atoms with van der Waals surface area (Å²) in [6.45, 7) is 0. The Kier molecular flexibility index (Phi) is 3.58. The van der Waals surface area contributed by atoms with Crippen molar-refractivity contribution in [1.29, 1.82) is 0 Å². The molecule has 0 atom stereocenters. The lowest BCUT2D eigenvalue weighted by Gasteiger charge is -2.11. The standard InChI is InChI=1S/C22H14F2/c23-22(24)14-21-19-8-4-3-6-16(19)11-12-20(21)18-10-9-15-5-1-2-7-17(15)13-18/h1-14H. The van der Waals surface area contributed by atoms with Crippen LogP contribution >= 0.6 is 0 Å². The summed E-state index contributed by atoms with van der Waals surface area (Å²) in [5.74, 6) is 0. The first-order chi connectivity index (χ1) is 11.7. The van der Waals surface area contributed by atoms with E-state index in [4.69, 9.17) is 0 Å². The summed E-state index contributed by atoms with van der Waals surface area (Å²) >= 11 is 0.